The molecule has 0 spiro atoms. The highest BCUT2D eigenvalue weighted by Gasteiger charge is 2.10. The smallest absolute Gasteiger partial charge is 0.250 e. The Morgan fingerprint density at radius 2 is 1.90 bits per heavy atom. The number of hydrogen-bond donors (Lipinski definition) is 2. The van der Waals surface area contributed by atoms with Crippen molar-refractivity contribution < 1.29 is 14.6 Å². The van der Waals surface area contributed by atoms with Crippen molar-refractivity contribution in [2.24, 2.45) is 5.10 Å². The van der Waals surface area contributed by atoms with Crippen LogP contribution < -0.4 is 10.2 Å². The molecule has 0 aliphatic rings. The van der Waals surface area contributed by atoms with E-state index in [9.17, 15) is 9.90 Å². The summed E-state index contributed by atoms with van der Waals surface area (Å²) in [7, 11) is 1.47. The van der Waals surface area contributed by atoms with Gasteiger partial charge in [0.2, 0.25) is 0 Å². The highest BCUT2D eigenvalue weighted by Crippen LogP contribution is 2.31. The highest BCUT2D eigenvalue weighted by atomic mass is 35.5. The number of aromatic nitrogens is 2. The predicted octanol–water partition coefficient (Wildman–Crippen LogP) is 4.83. The summed E-state index contributed by atoms with van der Waals surface area (Å²) in [6.45, 7) is 1.76. The monoisotopic (exact) mass is 494 g/mol. The van der Waals surface area contributed by atoms with E-state index in [2.05, 4.69) is 20.7 Å². The van der Waals surface area contributed by atoms with Crippen molar-refractivity contribution in [3.63, 3.8) is 0 Å². The van der Waals surface area contributed by atoms with Crippen molar-refractivity contribution in [2.75, 3.05) is 12.9 Å². The Hall–Kier alpha value is -2.27. The van der Waals surface area contributed by atoms with E-state index in [1.165, 1.54) is 36.3 Å². The average Bonchev–Trinajstić information content (AvgIpc) is 3.24. The number of carbonyl (C=O) groups excluding carboxylic acids is 1. The molecule has 0 radical (unpaired) electrons. The maximum Gasteiger partial charge on any atom is 0.250 e. The summed E-state index contributed by atoms with van der Waals surface area (Å²) in [6.07, 6.45) is 0. The quantitative estimate of drug-likeness (QED) is 0.250. The third-order valence-electron chi connectivity index (χ3n) is 3.94. The summed E-state index contributed by atoms with van der Waals surface area (Å²) in [5.74, 6) is 1.08. The fourth-order valence-corrected chi connectivity index (χ4v) is 5.21. The molecule has 2 aromatic carbocycles. The molecule has 1 amide bonds. The zero-order chi connectivity index (χ0) is 22.2. The van der Waals surface area contributed by atoms with Gasteiger partial charge in [-0.3, -0.25) is 4.79 Å². The maximum absolute atomic E-state index is 12.1. The lowest BCUT2D eigenvalue weighted by molar-refractivity contribution is -0.118. The number of amides is 1. The summed E-state index contributed by atoms with van der Waals surface area (Å²) >= 11 is 10.2. The molecule has 0 fully saturated rings. The second-order valence-corrected chi connectivity index (χ2v) is 10.0. The standard InChI is InChI=1S/C20H19ClN4O3S3/c1-12(14-5-8-16(26)17(9-14)28-2)22-23-18(27)11-30-20-25-24-19(31-20)29-10-13-3-6-15(21)7-4-13/h3-9,26H,10-11H2,1-2H3,(H,23,27)/b22-12+. The van der Waals surface area contributed by atoms with Crippen LogP contribution in [0.25, 0.3) is 0 Å². The summed E-state index contributed by atoms with van der Waals surface area (Å²) in [6, 6.07) is 12.5. The minimum Gasteiger partial charge on any atom is -0.504 e. The SMILES string of the molecule is COc1cc(/C(C)=N/NC(=O)CSc2nnc(SCc3ccc(Cl)cc3)s2)ccc1O. The van der Waals surface area contributed by atoms with Crippen LogP contribution in [0.3, 0.4) is 0 Å². The molecule has 0 bridgehead atoms. The van der Waals surface area contributed by atoms with Crippen LogP contribution in [0.1, 0.15) is 18.1 Å². The number of carbonyl (C=O) groups is 1. The van der Waals surface area contributed by atoms with E-state index in [1.54, 1.807) is 30.8 Å². The van der Waals surface area contributed by atoms with Gasteiger partial charge in [-0.25, -0.2) is 5.43 Å². The van der Waals surface area contributed by atoms with Gasteiger partial charge in [0.05, 0.1) is 18.6 Å². The fourth-order valence-electron chi connectivity index (χ4n) is 2.31. The molecule has 0 saturated carbocycles. The molecule has 2 N–H and O–H groups in total. The summed E-state index contributed by atoms with van der Waals surface area (Å²) in [5.41, 5.74) is 5.00. The number of nitrogens with one attached hydrogen (secondary N) is 1. The van der Waals surface area contributed by atoms with Crippen LogP contribution in [0.5, 0.6) is 11.5 Å². The Labute approximate surface area is 197 Å². The third kappa shape index (κ3) is 7.13. The van der Waals surface area contributed by atoms with Gasteiger partial charge in [-0.2, -0.15) is 5.10 Å². The van der Waals surface area contributed by atoms with Gasteiger partial charge in [0.1, 0.15) is 0 Å². The molecule has 0 unspecified atom stereocenters. The Morgan fingerprint density at radius 3 is 2.61 bits per heavy atom. The molecular weight excluding hydrogens is 476 g/mol. The molecule has 0 saturated heterocycles. The molecule has 11 heteroatoms. The van der Waals surface area contributed by atoms with Crippen molar-refractivity contribution in [1.82, 2.24) is 15.6 Å². The van der Waals surface area contributed by atoms with Crippen molar-refractivity contribution in [1.29, 1.82) is 0 Å². The number of hydrazone groups is 1. The molecular formula is C20H19ClN4O3S3. The number of aromatic hydroxyl groups is 1. The number of hydrogen-bond acceptors (Lipinski definition) is 9. The Morgan fingerprint density at radius 1 is 1.19 bits per heavy atom. The van der Waals surface area contributed by atoms with Crippen molar-refractivity contribution in [3.05, 3.63) is 58.6 Å². The van der Waals surface area contributed by atoms with E-state index >= 15 is 0 Å². The van der Waals surface area contributed by atoms with E-state index < -0.39 is 0 Å². The first-order valence-electron chi connectivity index (χ1n) is 8.98. The first-order chi connectivity index (χ1) is 14.9. The van der Waals surface area contributed by atoms with E-state index in [4.69, 9.17) is 16.3 Å². The van der Waals surface area contributed by atoms with E-state index in [0.717, 1.165) is 25.6 Å². The molecule has 0 atom stereocenters. The van der Waals surface area contributed by atoms with Crippen LogP contribution >= 0.6 is 46.5 Å². The molecule has 1 heterocycles. The van der Waals surface area contributed by atoms with Crippen LogP contribution in [0.15, 0.2) is 56.2 Å². The number of halogens is 1. The number of phenolic OH excluding ortho intramolecular Hbond substituents is 1. The minimum absolute atomic E-state index is 0.0437. The zero-order valence-electron chi connectivity index (χ0n) is 16.7. The largest absolute Gasteiger partial charge is 0.504 e. The van der Waals surface area contributed by atoms with Crippen LogP contribution in [0.2, 0.25) is 5.02 Å². The van der Waals surface area contributed by atoms with Gasteiger partial charge in [-0.05, 0) is 42.8 Å². The number of methoxy groups -OCH3 is 1. The first kappa shape index (κ1) is 23.4. The molecule has 3 aromatic rings. The van der Waals surface area contributed by atoms with Crippen molar-refractivity contribution in [2.45, 2.75) is 21.4 Å². The van der Waals surface area contributed by atoms with Gasteiger partial charge >= 0.3 is 0 Å². The molecule has 7 nitrogen and oxygen atoms in total. The number of phenols is 1. The molecule has 3 rings (SSSR count). The Kier molecular flexibility index (Phi) is 8.59. The maximum atomic E-state index is 12.1. The molecule has 31 heavy (non-hydrogen) atoms. The lowest BCUT2D eigenvalue weighted by Gasteiger charge is -2.06. The second-order valence-electron chi connectivity index (χ2n) is 6.16. The second kappa shape index (κ2) is 11.4. The van der Waals surface area contributed by atoms with E-state index in [-0.39, 0.29) is 17.4 Å². The number of benzene rings is 2. The van der Waals surface area contributed by atoms with Crippen LogP contribution in [0.4, 0.5) is 0 Å². The van der Waals surface area contributed by atoms with Gasteiger partial charge in [0, 0.05) is 16.3 Å². The number of rotatable bonds is 9. The molecule has 0 aliphatic heterocycles. The van der Waals surface area contributed by atoms with Gasteiger partial charge in [-0.1, -0.05) is 58.6 Å². The number of ether oxygens (including phenoxy) is 1. The topological polar surface area (TPSA) is 96.7 Å². The summed E-state index contributed by atoms with van der Waals surface area (Å²) in [5, 5.41) is 22.8. The number of thioether (sulfide) groups is 2. The fraction of sp³-hybridized carbons (Fsp3) is 0.200. The Bertz CT molecular complexity index is 1070. The van der Waals surface area contributed by atoms with Crippen LogP contribution in [-0.2, 0) is 10.5 Å². The van der Waals surface area contributed by atoms with E-state index in [1.807, 2.05) is 24.3 Å². The van der Waals surface area contributed by atoms with Crippen molar-refractivity contribution >= 4 is 58.1 Å². The normalized spacial score (nSPS) is 11.4. The average molecular weight is 495 g/mol. The molecule has 162 valence electrons. The molecule has 0 aliphatic carbocycles. The first-order valence-corrected chi connectivity index (χ1v) is 12.1. The summed E-state index contributed by atoms with van der Waals surface area (Å²) < 4.78 is 6.64. The van der Waals surface area contributed by atoms with Gasteiger partial charge in [0.25, 0.3) is 5.91 Å². The lowest BCUT2D eigenvalue weighted by atomic mass is 10.1. The van der Waals surface area contributed by atoms with Gasteiger partial charge in [-0.15, -0.1) is 10.2 Å². The van der Waals surface area contributed by atoms with Crippen molar-refractivity contribution in [3.8, 4) is 11.5 Å². The van der Waals surface area contributed by atoms with Gasteiger partial charge < -0.3 is 9.84 Å². The minimum atomic E-state index is -0.249. The third-order valence-corrected chi connectivity index (χ3v) is 7.45. The molecule has 1 aromatic heterocycles. The predicted molar refractivity (Wildman–Crippen MR) is 127 cm³/mol. The highest BCUT2D eigenvalue weighted by molar-refractivity contribution is 8.03. The van der Waals surface area contributed by atoms with E-state index in [0.29, 0.717) is 16.5 Å². The van der Waals surface area contributed by atoms with Crippen LogP contribution in [-0.4, -0.2) is 39.8 Å². The van der Waals surface area contributed by atoms with Gasteiger partial charge in [0.15, 0.2) is 20.2 Å². The lowest BCUT2D eigenvalue weighted by Crippen LogP contribution is -2.21. The Balaban J connectivity index is 1.46. The number of nitrogens with zero attached hydrogens (tertiary/aromatic N) is 3. The summed E-state index contributed by atoms with van der Waals surface area (Å²) in [4.78, 5) is 12.1. The zero-order valence-corrected chi connectivity index (χ0v) is 19.9. The van der Waals surface area contributed by atoms with Crippen LogP contribution in [0, 0.1) is 0 Å².